The summed E-state index contributed by atoms with van der Waals surface area (Å²) >= 11 is 0. The van der Waals surface area contributed by atoms with E-state index in [0.29, 0.717) is 17.4 Å². The molecule has 0 saturated heterocycles. The summed E-state index contributed by atoms with van der Waals surface area (Å²) in [7, 11) is 3.15. The lowest BCUT2D eigenvalue weighted by Gasteiger charge is -2.06. The zero-order valence-corrected chi connectivity index (χ0v) is 11.9. The second kappa shape index (κ2) is 6.43. The first-order chi connectivity index (χ1) is 10.2. The molecule has 0 saturated carbocycles. The summed E-state index contributed by atoms with van der Waals surface area (Å²) in [4.78, 5) is 3.91. The molecule has 0 radical (unpaired) electrons. The van der Waals surface area contributed by atoms with Gasteiger partial charge in [0.1, 0.15) is 17.6 Å². The molecule has 0 aliphatic heterocycles. The van der Waals surface area contributed by atoms with Crippen LogP contribution in [0.25, 0.3) is 0 Å². The normalized spacial score (nSPS) is 10.4. The van der Waals surface area contributed by atoms with Crippen LogP contribution in [0.2, 0.25) is 0 Å². The average molecular weight is 286 g/mol. The Labute approximate surface area is 121 Å². The predicted molar refractivity (Wildman–Crippen MR) is 76.7 cm³/mol. The first-order valence-corrected chi connectivity index (χ1v) is 6.06. The summed E-state index contributed by atoms with van der Waals surface area (Å²) < 4.78 is 15.6. The average Bonchev–Trinajstić information content (AvgIpc) is 2.87. The van der Waals surface area contributed by atoms with Gasteiger partial charge in [-0.3, -0.25) is 0 Å². The van der Waals surface area contributed by atoms with Crippen molar-refractivity contribution in [2.24, 2.45) is 5.10 Å². The van der Waals surface area contributed by atoms with Crippen molar-refractivity contribution in [2.45, 2.75) is 6.92 Å². The highest BCUT2D eigenvalue weighted by Crippen LogP contribution is 2.22. The number of nitrogens with zero attached hydrogens (tertiary/aromatic N) is 3. The van der Waals surface area contributed by atoms with Crippen LogP contribution in [0.15, 0.2) is 27.7 Å². The van der Waals surface area contributed by atoms with Gasteiger partial charge >= 0.3 is 0 Å². The number of aryl methyl sites for hydroxylation is 1. The molecule has 0 atom stereocenters. The fourth-order valence-corrected chi connectivity index (χ4v) is 1.68. The van der Waals surface area contributed by atoms with Gasteiger partial charge in [-0.2, -0.15) is 10.4 Å². The summed E-state index contributed by atoms with van der Waals surface area (Å²) in [6.07, 6.45) is 1.54. The molecule has 7 nitrogen and oxygen atoms in total. The minimum absolute atomic E-state index is 0.155. The molecule has 2 rings (SSSR count). The number of nitriles is 1. The van der Waals surface area contributed by atoms with Gasteiger partial charge in [0.2, 0.25) is 5.69 Å². The number of anilines is 1. The summed E-state index contributed by atoms with van der Waals surface area (Å²) in [6.45, 7) is 1.65. The molecule has 1 aromatic carbocycles. The Hall–Kier alpha value is -3.01. The van der Waals surface area contributed by atoms with Crippen molar-refractivity contribution >= 4 is 12.1 Å². The maximum atomic E-state index is 8.90. The molecule has 0 aliphatic rings. The van der Waals surface area contributed by atoms with E-state index in [1.165, 1.54) is 0 Å². The van der Waals surface area contributed by atoms with Crippen LogP contribution in [-0.4, -0.2) is 25.4 Å². The number of nitrogens with one attached hydrogen (secondary N) is 1. The molecule has 0 bridgehead atoms. The van der Waals surface area contributed by atoms with E-state index in [2.05, 4.69) is 15.5 Å². The molecule has 0 fully saturated rings. The van der Waals surface area contributed by atoms with Gasteiger partial charge < -0.3 is 13.9 Å². The van der Waals surface area contributed by atoms with E-state index in [0.717, 1.165) is 5.56 Å². The molecule has 0 aliphatic carbocycles. The van der Waals surface area contributed by atoms with E-state index in [1.807, 2.05) is 6.07 Å². The number of hydrazone groups is 1. The maximum absolute atomic E-state index is 8.90. The van der Waals surface area contributed by atoms with E-state index in [9.17, 15) is 0 Å². The quantitative estimate of drug-likeness (QED) is 0.669. The molecule has 1 N–H and O–H groups in total. The lowest BCUT2D eigenvalue weighted by molar-refractivity contribution is 0.402. The van der Waals surface area contributed by atoms with Gasteiger partial charge in [0, 0.05) is 12.5 Å². The molecule has 0 amide bonds. The standard InChI is InChI=1S/C14H14N4O3/c1-9-17-12(7-15)14(21-9)18-16-8-10-6-11(19-2)4-5-13(10)20-3/h4-6,8,18H,1-3H3/b16-8+. The summed E-state index contributed by atoms with van der Waals surface area (Å²) in [5.74, 6) is 1.93. The van der Waals surface area contributed by atoms with Crippen LogP contribution in [0.4, 0.5) is 5.88 Å². The lowest BCUT2D eigenvalue weighted by atomic mass is 10.2. The van der Waals surface area contributed by atoms with Gasteiger partial charge in [0.25, 0.3) is 5.88 Å². The SMILES string of the molecule is COc1ccc(OC)c(/C=N/Nc2oc(C)nc2C#N)c1. The number of aromatic nitrogens is 1. The zero-order chi connectivity index (χ0) is 15.2. The number of methoxy groups -OCH3 is 2. The van der Waals surface area contributed by atoms with Crippen molar-refractivity contribution in [1.82, 2.24) is 4.98 Å². The molecule has 1 aromatic heterocycles. The number of hydrogen-bond acceptors (Lipinski definition) is 7. The minimum atomic E-state index is 0.155. The number of rotatable bonds is 5. The number of ether oxygens (including phenoxy) is 2. The molecule has 0 spiro atoms. The molecular formula is C14H14N4O3. The Morgan fingerprint density at radius 2 is 2.19 bits per heavy atom. The smallest absolute Gasteiger partial charge is 0.252 e. The van der Waals surface area contributed by atoms with Gasteiger partial charge in [-0.1, -0.05) is 0 Å². The van der Waals surface area contributed by atoms with E-state index >= 15 is 0 Å². The largest absolute Gasteiger partial charge is 0.497 e. The highest BCUT2D eigenvalue weighted by molar-refractivity contribution is 5.84. The van der Waals surface area contributed by atoms with Crippen LogP contribution in [0.5, 0.6) is 11.5 Å². The highest BCUT2D eigenvalue weighted by atomic mass is 16.5. The maximum Gasteiger partial charge on any atom is 0.252 e. The van der Waals surface area contributed by atoms with Gasteiger partial charge in [-0.25, -0.2) is 10.4 Å². The van der Waals surface area contributed by atoms with E-state index < -0.39 is 0 Å². The van der Waals surface area contributed by atoms with E-state index in [-0.39, 0.29) is 11.6 Å². The van der Waals surface area contributed by atoms with Crippen LogP contribution in [0, 0.1) is 18.3 Å². The Balaban J connectivity index is 2.19. The zero-order valence-electron chi connectivity index (χ0n) is 11.9. The summed E-state index contributed by atoms with van der Waals surface area (Å²) in [5.41, 5.74) is 3.52. The van der Waals surface area contributed by atoms with Crippen molar-refractivity contribution in [2.75, 3.05) is 19.6 Å². The number of oxazole rings is 1. The molecule has 0 unspecified atom stereocenters. The first kappa shape index (κ1) is 14.4. The molecule has 108 valence electrons. The van der Waals surface area contributed by atoms with Gasteiger partial charge in [0.15, 0.2) is 5.89 Å². The Morgan fingerprint density at radius 3 is 2.86 bits per heavy atom. The molecule has 1 heterocycles. The predicted octanol–water partition coefficient (Wildman–Crippen LogP) is 2.32. The monoisotopic (exact) mass is 286 g/mol. The van der Waals surface area contributed by atoms with Gasteiger partial charge in [-0.05, 0) is 18.2 Å². The third kappa shape index (κ3) is 3.30. The van der Waals surface area contributed by atoms with Crippen molar-refractivity contribution in [3.05, 3.63) is 35.3 Å². The Morgan fingerprint density at radius 1 is 1.38 bits per heavy atom. The number of benzene rings is 1. The molecule has 7 heteroatoms. The highest BCUT2D eigenvalue weighted by Gasteiger charge is 2.09. The Bertz CT molecular complexity index is 701. The second-order valence-corrected chi connectivity index (χ2v) is 4.00. The second-order valence-electron chi connectivity index (χ2n) is 4.00. The molecule has 2 aromatic rings. The molecule has 21 heavy (non-hydrogen) atoms. The third-order valence-corrected chi connectivity index (χ3v) is 2.65. The van der Waals surface area contributed by atoms with Crippen LogP contribution >= 0.6 is 0 Å². The van der Waals surface area contributed by atoms with Crippen LogP contribution in [0.1, 0.15) is 17.1 Å². The number of hydrogen-bond donors (Lipinski definition) is 1. The summed E-state index contributed by atoms with van der Waals surface area (Å²) in [5, 5.41) is 12.9. The van der Waals surface area contributed by atoms with Crippen molar-refractivity contribution in [1.29, 1.82) is 5.26 Å². The summed E-state index contributed by atoms with van der Waals surface area (Å²) in [6, 6.07) is 7.26. The van der Waals surface area contributed by atoms with Crippen molar-refractivity contribution in [3.63, 3.8) is 0 Å². The first-order valence-electron chi connectivity index (χ1n) is 6.06. The van der Waals surface area contributed by atoms with E-state index in [4.69, 9.17) is 19.2 Å². The van der Waals surface area contributed by atoms with Crippen LogP contribution < -0.4 is 14.9 Å². The lowest BCUT2D eigenvalue weighted by Crippen LogP contribution is -1.95. The van der Waals surface area contributed by atoms with Crippen LogP contribution in [-0.2, 0) is 0 Å². The van der Waals surface area contributed by atoms with Gasteiger partial charge in [0.05, 0.1) is 20.4 Å². The van der Waals surface area contributed by atoms with Gasteiger partial charge in [-0.15, -0.1) is 0 Å². The Kier molecular flexibility index (Phi) is 4.41. The minimum Gasteiger partial charge on any atom is -0.497 e. The van der Waals surface area contributed by atoms with E-state index in [1.54, 1.807) is 45.6 Å². The fourth-order valence-electron chi connectivity index (χ4n) is 1.68. The van der Waals surface area contributed by atoms with Crippen molar-refractivity contribution in [3.8, 4) is 17.6 Å². The molecular weight excluding hydrogens is 272 g/mol. The topological polar surface area (TPSA) is 92.7 Å². The fraction of sp³-hybridized carbons (Fsp3) is 0.214. The van der Waals surface area contributed by atoms with Crippen molar-refractivity contribution < 1.29 is 13.9 Å². The third-order valence-electron chi connectivity index (χ3n) is 2.65. The van der Waals surface area contributed by atoms with Crippen LogP contribution in [0.3, 0.4) is 0 Å².